The Balaban J connectivity index is 2.06. The lowest BCUT2D eigenvalue weighted by Crippen LogP contribution is -2.19. The van der Waals surface area contributed by atoms with Crippen molar-refractivity contribution < 1.29 is 4.79 Å². The summed E-state index contributed by atoms with van der Waals surface area (Å²) in [4.78, 5) is 11.8. The first kappa shape index (κ1) is 13.6. The molecule has 1 heterocycles. The van der Waals surface area contributed by atoms with Crippen LogP contribution < -0.4 is 5.32 Å². The summed E-state index contributed by atoms with van der Waals surface area (Å²) in [7, 11) is 0. The van der Waals surface area contributed by atoms with Gasteiger partial charge in [0.1, 0.15) is 15.8 Å². The SMILES string of the molecule is O=C(Cn1nc(Br)cc1Br)Nc1ccccc1Cl. The number of hydrogen-bond acceptors (Lipinski definition) is 2. The number of para-hydroxylation sites is 1. The predicted molar refractivity (Wildman–Crippen MR) is 77.7 cm³/mol. The molecule has 2 aromatic rings. The molecule has 0 unspecified atom stereocenters. The molecular weight excluding hydrogens is 385 g/mol. The maximum atomic E-state index is 11.8. The van der Waals surface area contributed by atoms with Gasteiger partial charge in [-0.1, -0.05) is 23.7 Å². The van der Waals surface area contributed by atoms with Gasteiger partial charge in [-0.25, -0.2) is 4.68 Å². The number of benzene rings is 1. The molecule has 7 heteroatoms. The Morgan fingerprint density at radius 2 is 2.11 bits per heavy atom. The Kier molecular flexibility index (Phi) is 4.42. The van der Waals surface area contributed by atoms with Crippen LogP contribution in [0.25, 0.3) is 0 Å². The minimum absolute atomic E-state index is 0.109. The molecule has 0 saturated heterocycles. The third-order valence-corrected chi connectivity index (χ3v) is 3.50. The van der Waals surface area contributed by atoms with E-state index < -0.39 is 0 Å². The first-order chi connectivity index (χ1) is 8.56. The minimum atomic E-state index is -0.195. The van der Waals surface area contributed by atoms with Gasteiger partial charge in [-0.3, -0.25) is 4.79 Å². The lowest BCUT2D eigenvalue weighted by molar-refractivity contribution is -0.116. The fourth-order valence-electron chi connectivity index (χ4n) is 1.36. The lowest BCUT2D eigenvalue weighted by Gasteiger charge is -2.07. The fraction of sp³-hybridized carbons (Fsp3) is 0.0909. The van der Waals surface area contributed by atoms with Crippen LogP contribution >= 0.6 is 43.5 Å². The molecule has 0 saturated carbocycles. The smallest absolute Gasteiger partial charge is 0.246 e. The van der Waals surface area contributed by atoms with Crippen molar-refractivity contribution in [3.05, 3.63) is 44.6 Å². The second kappa shape index (κ2) is 5.86. The number of carbonyl (C=O) groups is 1. The summed E-state index contributed by atoms with van der Waals surface area (Å²) in [6.45, 7) is 0.109. The van der Waals surface area contributed by atoms with Gasteiger partial charge in [0, 0.05) is 6.07 Å². The van der Waals surface area contributed by atoms with Crippen LogP contribution in [0.4, 0.5) is 5.69 Å². The predicted octanol–water partition coefficient (Wildman–Crippen LogP) is 3.70. The molecule has 0 bridgehead atoms. The highest BCUT2D eigenvalue weighted by Crippen LogP contribution is 2.21. The highest BCUT2D eigenvalue weighted by atomic mass is 79.9. The van der Waals surface area contributed by atoms with Crippen molar-refractivity contribution in [3.8, 4) is 0 Å². The van der Waals surface area contributed by atoms with Gasteiger partial charge in [0.2, 0.25) is 5.91 Å². The van der Waals surface area contributed by atoms with E-state index >= 15 is 0 Å². The van der Waals surface area contributed by atoms with Crippen molar-refractivity contribution in [1.29, 1.82) is 0 Å². The minimum Gasteiger partial charge on any atom is -0.323 e. The van der Waals surface area contributed by atoms with E-state index in [4.69, 9.17) is 11.6 Å². The molecule has 1 N–H and O–H groups in total. The van der Waals surface area contributed by atoms with Crippen LogP contribution in [0, 0.1) is 0 Å². The number of hydrogen-bond donors (Lipinski definition) is 1. The van der Waals surface area contributed by atoms with Gasteiger partial charge in [0.15, 0.2) is 0 Å². The average molecular weight is 393 g/mol. The average Bonchev–Trinajstić information content (AvgIpc) is 2.61. The summed E-state index contributed by atoms with van der Waals surface area (Å²) in [6, 6.07) is 8.84. The van der Waals surface area contributed by atoms with Crippen molar-refractivity contribution >= 4 is 55.1 Å². The van der Waals surface area contributed by atoms with Gasteiger partial charge in [0.25, 0.3) is 0 Å². The number of halogens is 3. The van der Waals surface area contributed by atoms with Crippen molar-refractivity contribution in [2.45, 2.75) is 6.54 Å². The largest absolute Gasteiger partial charge is 0.323 e. The maximum Gasteiger partial charge on any atom is 0.246 e. The second-order valence-electron chi connectivity index (χ2n) is 3.48. The molecule has 4 nitrogen and oxygen atoms in total. The van der Waals surface area contributed by atoms with Gasteiger partial charge in [-0.2, -0.15) is 5.10 Å². The molecule has 94 valence electrons. The van der Waals surface area contributed by atoms with E-state index in [1.807, 2.05) is 6.07 Å². The summed E-state index contributed by atoms with van der Waals surface area (Å²) in [5, 5.41) is 7.34. The van der Waals surface area contributed by atoms with Gasteiger partial charge < -0.3 is 5.32 Å². The monoisotopic (exact) mass is 391 g/mol. The Bertz CT molecular complexity index is 585. The lowest BCUT2D eigenvalue weighted by atomic mass is 10.3. The number of nitrogens with zero attached hydrogens (tertiary/aromatic N) is 2. The number of aromatic nitrogens is 2. The molecular formula is C11H8Br2ClN3O. The van der Waals surface area contributed by atoms with E-state index in [9.17, 15) is 4.79 Å². The van der Waals surface area contributed by atoms with Crippen LogP contribution in [0.5, 0.6) is 0 Å². The fourth-order valence-corrected chi connectivity index (χ4v) is 2.68. The highest BCUT2D eigenvalue weighted by Gasteiger charge is 2.09. The molecule has 2 rings (SSSR count). The zero-order valence-electron chi connectivity index (χ0n) is 9.03. The van der Waals surface area contributed by atoms with Gasteiger partial charge >= 0.3 is 0 Å². The molecule has 0 fully saturated rings. The topological polar surface area (TPSA) is 46.9 Å². The van der Waals surface area contributed by atoms with Gasteiger partial charge in [0.05, 0.1) is 10.7 Å². The summed E-state index contributed by atoms with van der Waals surface area (Å²) < 4.78 is 2.93. The number of carbonyl (C=O) groups excluding carboxylic acids is 1. The summed E-state index contributed by atoms with van der Waals surface area (Å²) in [5.74, 6) is -0.195. The molecule has 0 aliphatic heterocycles. The summed E-state index contributed by atoms with van der Waals surface area (Å²) >= 11 is 12.5. The van der Waals surface area contributed by atoms with E-state index in [2.05, 4.69) is 42.3 Å². The zero-order valence-corrected chi connectivity index (χ0v) is 13.0. The quantitative estimate of drug-likeness (QED) is 0.864. The summed E-state index contributed by atoms with van der Waals surface area (Å²) in [6.07, 6.45) is 0. The summed E-state index contributed by atoms with van der Waals surface area (Å²) in [5.41, 5.74) is 0.589. The van der Waals surface area contributed by atoms with Crippen molar-refractivity contribution in [2.75, 3.05) is 5.32 Å². The third-order valence-electron chi connectivity index (χ3n) is 2.14. The molecule has 0 radical (unpaired) electrons. The van der Waals surface area contributed by atoms with E-state index in [0.717, 1.165) is 4.60 Å². The van der Waals surface area contributed by atoms with E-state index in [1.54, 1.807) is 24.3 Å². The Morgan fingerprint density at radius 3 is 2.72 bits per heavy atom. The molecule has 1 amide bonds. The third kappa shape index (κ3) is 3.34. The first-order valence-corrected chi connectivity index (χ1v) is 6.96. The normalized spacial score (nSPS) is 10.4. The standard InChI is InChI=1S/C11H8Br2ClN3O/c12-9-5-10(13)17(16-9)6-11(18)15-8-4-2-1-3-7(8)14/h1-5H,6H2,(H,15,18). The Hall–Kier alpha value is -0.850. The Morgan fingerprint density at radius 1 is 1.39 bits per heavy atom. The van der Waals surface area contributed by atoms with Crippen LogP contribution in [0.1, 0.15) is 0 Å². The van der Waals surface area contributed by atoms with E-state index in [1.165, 1.54) is 4.68 Å². The molecule has 0 aliphatic carbocycles. The zero-order chi connectivity index (χ0) is 13.1. The first-order valence-electron chi connectivity index (χ1n) is 4.99. The van der Waals surface area contributed by atoms with Crippen LogP contribution in [-0.4, -0.2) is 15.7 Å². The molecule has 0 spiro atoms. The van der Waals surface area contributed by atoms with Crippen molar-refractivity contribution in [2.24, 2.45) is 0 Å². The van der Waals surface area contributed by atoms with Crippen molar-refractivity contribution in [3.63, 3.8) is 0 Å². The number of anilines is 1. The number of rotatable bonds is 3. The van der Waals surface area contributed by atoms with E-state index in [-0.39, 0.29) is 12.5 Å². The molecule has 1 aromatic carbocycles. The van der Waals surface area contributed by atoms with Crippen LogP contribution in [0.15, 0.2) is 39.5 Å². The van der Waals surface area contributed by atoms with Crippen LogP contribution in [0.3, 0.4) is 0 Å². The number of nitrogens with one attached hydrogen (secondary N) is 1. The van der Waals surface area contributed by atoms with Crippen LogP contribution in [0.2, 0.25) is 5.02 Å². The van der Waals surface area contributed by atoms with Gasteiger partial charge in [-0.05, 0) is 44.0 Å². The number of amides is 1. The molecule has 18 heavy (non-hydrogen) atoms. The molecule has 0 aliphatic rings. The van der Waals surface area contributed by atoms with Gasteiger partial charge in [-0.15, -0.1) is 0 Å². The van der Waals surface area contributed by atoms with E-state index in [0.29, 0.717) is 15.3 Å². The van der Waals surface area contributed by atoms with Crippen molar-refractivity contribution in [1.82, 2.24) is 9.78 Å². The maximum absolute atomic E-state index is 11.8. The molecule has 1 aromatic heterocycles. The highest BCUT2D eigenvalue weighted by molar-refractivity contribution is 9.11. The van der Waals surface area contributed by atoms with Crippen LogP contribution in [-0.2, 0) is 11.3 Å². The molecule has 0 atom stereocenters. The Labute approximate surface area is 126 Å². The second-order valence-corrected chi connectivity index (χ2v) is 5.51.